The van der Waals surface area contributed by atoms with E-state index in [0.29, 0.717) is 12.1 Å². The van der Waals surface area contributed by atoms with Gasteiger partial charge in [0.1, 0.15) is 24.1 Å². The number of nitrogens with one attached hydrogen (secondary N) is 1. The van der Waals surface area contributed by atoms with Gasteiger partial charge in [-0.15, -0.1) is 11.3 Å². The van der Waals surface area contributed by atoms with E-state index in [1.54, 1.807) is 17.4 Å². The highest BCUT2D eigenvalue weighted by atomic mass is 32.1. The first-order valence-corrected chi connectivity index (χ1v) is 9.89. The smallest absolute Gasteiger partial charge is 0.293 e. The number of hydrogen-bond donors (Lipinski definition) is 1. The molecule has 4 rings (SSSR count). The van der Waals surface area contributed by atoms with Crippen molar-refractivity contribution >= 4 is 22.8 Å². The van der Waals surface area contributed by atoms with Crippen molar-refractivity contribution in [1.29, 1.82) is 0 Å². The molecule has 0 atom stereocenters. The van der Waals surface area contributed by atoms with E-state index in [-0.39, 0.29) is 18.0 Å². The molecule has 0 spiro atoms. The van der Waals surface area contributed by atoms with Crippen molar-refractivity contribution < 1.29 is 4.79 Å². The zero-order valence-corrected chi connectivity index (χ0v) is 15.9. The Bertz CT molecular complexity index is 1130. The number of carbonyl (C=O) groups excluding carboxylic acids is 1. The molecule has 3 aromatic heterocycles. The topological polar surface area (TPSA) is 81.3 Å². The minimum absolute atomic E-state index is 0.111. The summed E-state index contributed by atoms with van der Waals surface area (Å²) in [4.78, 5) is 25.8. The minimum Gasteiger partial charge on any atom is -0.354 e. The number of thiophene rings is 1. The van der Waals surface area contributed by atoms with Gasteiger partial charge in [-0.05, 0) is 35.9 Å². The highest BCUT2D eigenvalue weighted by molar-refractivity contribution is 7.13. The number of nitrogens with zero attached hydrogens (tertiary/aromatic N) is 4. The van der Waals surface area contributed by atoms with Crippen LogP contribution in [0.15, 0.2) is 65.0 Å². The molecular formula is C20H19N5O2S. The maximum atomic E-state index is 12.6. The summed E-state index contributed by atoms with van der Waals surface area (Å²) in [5.41, 5.74) is 2.02. The average Bonchev–Trinajstić information content (AvgIpc) is 3.38. The molecule has 1 amide bonds. The number of hydrogen-bond acceptors (Lipinski definition) is 5. The van der Waals surface area contributed by atoms with Gasteiger partial charge in [0, 0.05) is 6.54 Å². The molecule has 1 N–H and O–H groups in total. The lowest BCUT2D eigenvalue weighted by atomic mass is 10.1. The molecule has 0 bridgehead atoms. The maximum Gasteiger partial charge on any atom is 0.293 e. The van der Waals surface area contributed by atoms with Crippen LogP contribution in [0.5, 0.6) is 0 Å². The van der Waals surface area contributed by atoms with Crippen LogP contribution in [0.25, 0.3) is 16.1 Å². The molecule has 4 aromatic rings. The van der Waals surface area contributed by atoms with Crippen molar-refractivity contribution in [3.8, 4) is 10.6 Å². The van der Waals surface area contributed by atoms with Crippen LogP contribution in [0.3, 0.4) is 0 Å². The zero-order chi connectivity index (χ0) is 19.3. The van der Waals surface area contributed by atoms with Crippen LogP contribution in [0.1, 0.15) is 12.0 Å². The monoisotopic (exact) mass is 393 g/mol. The Morgan fingerprint density at radius 2 is 2.00 bits per heavy atom. The molecule has 3 heterocycles. The van der Waals surface area contributed by atoms with Gasteiger partial charge in [0.05, 0.1) is 4.88 Å². The van der Waals surface area contributed by atoms with Crippen LogP contribution < -0.4 is 10.9 Å². The number of aromatic nitrogens is 4. The van der Waals surface area contributed by atoms with Gasteiger partial charge in [0.2, 0.25) is 5.91 Å². The molecule has 0 radical (unpaired) electrons. The second-order valence-corrected chi connectivity index (χ2v) is 7.32. The SMILES string of the molecule is O=C(Cn1ncn2nc(-c3cccs3)cc2c1=O)NCCCc1ccccc1. The Morgan fingerprint density at radius 3 is 2.79 bits per heavy atom. The molecule has 7 nitrogen and oxygen atoms in total. The fourth-order valence-corrected chi connectivity index (χ4v) is 3.63. The second kappa shape index (κ2) is 8.18. The lowest BCUT2D eigenvalue weighted by Crippen LogP contribution is -2.34. The molecule has 0 fully saturated rings. The van der Waals surface area contributed by atoms with Crippen molar-refractivity contribution in [2.75, 3.05) is 6.54 Å². The van der Waals surface area contributed by atoms with Crippen molar-refractivity contribution in [2.24, 2.45) is 0 Å². The number of carbonyl (C=O) groups is 1. The van der Waals surface area contributed by atoms with Crippen molar-refractivity contribution in [1.82, 2.24) is 24.7 Å². The van der Waals surface area contributed by atoms with E-state index in [1.165, 1.54) is 21.1 Å². The average molecular weight is 393 g/mol. The fourth-order valence-electron chi connectivity index (χ4n) is 2.95. The van der Waals surface area contributed by atoms with Gasteiger partial charge < -0.3 is 5.32 Å². The summed E-state index contributed by atoms with van der Waals surface area (Å²) in [6, 6.07) is 15.7. The summed E-state index contributed by atoms with van der Waals surface area (Å²) in [5.74, 6) is -0.231. The quantitative estimate of drug-likeness (QED) is 0.489. The number of fused-ring (bicyclic) bond motifs is 1. The fraction of sp³-hybridized carbons (Fsp3) is 0.200. The molecule has 0 aliphatic heterocycles. The maximum absolute atomic E-state index is 12.6. The second-order valence-electron chi connectivity index (χ2n) is 6.37. The summed E-state index contributed by atoms with van der Waals surface area (Å²) < 4.78 is 2.62. The van der Waals surface area contributed by atoms with Gasteiger partial charge in [0.15, 0.2) is 0 Å². The first-order valence-electron chi connectivity index (χ1n) is 9.01. The van der Waals surface area contributed by atoms with Gasteiger partial charge in [-0.1, -0.05) is 36.4 Å². The highest BCUT2D eigenvalue weighted by Crippen LogP contribution is 2.23. The van der Waals surface area contributed by atoms with Gasteiger partial charge in [-0.2, -0.15) is 10.2 Å². The van der Waals surface area contributed by atoms with Crippen LogP contribution in [0.2, 0.25) is 0 Å². The van der Waals surface area contributed by atoms with Crippen molar-refractivity contribution in [3.63, 3.8) is 0 Å². The number of amides is 1. The third kappa shape index (κ3) is 4.01. The van der Waals surface area contributed by atoms with E-state index in [2.05, 4.69) is 27.6 Å². The van der Waals surface area contributed by atoms with Crippen LogP contribution in [-0.2, 0) is 17.8 Å². The van der Waals surface area contributed by atoms with E-state index in [9.17, 15) is 9.59 Å². The first kappa shape index (κ1) is 18.1. The first-order chi connectivity index (χ1) is 13.7. The van der Waals surface area contributed by atoms with E-state index in [4.69, 9.17) is 0 Å². The zero-order valence-electron chi connectivity index (χ0n) is 15.1. The molecule has 0 unspecified atom stereocenters. The molecule has 142 valence electrons. The molecule has 28 heavy (non-hydrogen) atoms. The third-order valence-corrected chi connectivity index (χ3v) is 5.26. The standard InChI is InChI=1S/C20H19N5O2S/c26-19(21-10-4-8-15-6-2-1-3-7-15)13-24-20(27)17-12-16(18-9-5-11-28-18)23-25(17)14-22-24/h1-3,5-7,9,11-12,14H,4,8,10,13H2,(H,21,26). The van der Waals surface area contributed by atoms with Crippen LogP contribution in [0.4, 0.5) is 0 Å². The van der Waals surface area contributed by atoms with E-state index in [0.717, 1.165) is 23.4 Å². The van der Waals surface area contributed by atoms with E-state index >= 15 is 0 Å². The predicted molar refractivity (Wildman–Crippen MR) is 108 cm³/mol. The normalized spacial score (nSPS) is 11.0. The molecule has 8 heteroatoms. The predicted octanol–water partition coefficient (Wildman–Crippen LogP) is 2.37. The lowest BCUT2D eigenvalue weighted by molar-refractivity contribution is -0.121. The Morgan fingerprint density at radius 1 is 1.14 bits per heavy atom. The van der Waals surface area contributed by atoms with E-state index < -0.39 is 0 Å². The summed E-state index contributed by atoms with van der Waals surface area (Å²) in [6.45, 7) is 0.445. The Labute approximate surface area is 165 Å². The highest BCUT2D eigenvalue weighted by Gasteiger charge is 2.12. The number of benzene rings is 1. The molecule has 0 aliphatic rings. The Hall–Kier alpha value is -3.26. The Balaban J connectivity index is 1.38. The largest absolute Gasteiger partial charge is 0.354 e. The van der Waals surface area contributed by atoms with E-state index in [1.807, 2.05) is 35.7 Å². The number of aryl methyl sites for hydroxylation is 1. The van der Waals surface area contributed by atoms with Crippen molar-refractivity contribution in [3.05, 3.63) is 76.2 Å². The summed E-state index contributed by atoms with van der Waals surface area (Å²) in [7, 11) is 0. The summed E-state index contributed by atoms with van der Waals surface area (Å²) in [5, 5.41) is 13.2. The molecule has 1 aromatic carbocycles. The van der Waals surface area contributed by atoms with Crippen molar-refractivity contribution in [2.45, 2.75) is 19.4 Å². The molecule has 0 saturated heterocycles. The summed E-state index contributed by atoms with van der Waals surface area (Å²) >= 11 is 1.55. The molecular weight excluding hydrogens is 374 g/mol. The van der Waals surface area contributed by atoms with Gasteiger partial charge in [-0.25, -0.2) is 9.20 Å². The van der Waals surface area contributed by atoms with Crippen LogP contribution in [-0.4, -0.2) is 31.8 Å². The van der Waals surface area contributed by atoms with Crippen LogP contribution in [0, 0.1) is 0 Å². The van der Waals surface area contributed by atoms with Crippen LogP contribution >= 0.6 is 11.3 Å². The molecule has 0 aliphatic carbocycles. The number of rotatable bonds is 7. The van der Waals surface area contributed by atoms with Gasteiger partial charge >= 0.3 is 0 Å². The third-order valence-electron chi connectivity index (χ3n) is 4.36. The summed E-state index contributed by atoms with van der Waals surface area (Å²) in [6.07, 6.45) is 3.19. The van der Waals surface area contributed by atoms with Gasteiger partial charge in [0.25, 0.3) is 5.56 Å². The molecule has 0 saturated carbocycles. The lowest BCUT2D eigenvalue weighted by Gasteiger charge is -2.07. The Kier molecular flexibility index (Phi) is 5.29. The minimum atomic E-state index is -0.336. The van der Waals surface area contributed by atoms with Gasteiger partial charge in [-0.3, -0.25) is 9.59 Å².